The van der Waals surface area contributed by atoms with Gasteiger partial charge < -0.3 is 0 Å². The Morgan fingerprint density at radius 3 is 2.74 bits per heavy atom. The first-order chi connectivity index (χ1) is 11.1. The van der Waals surface area contributed by atoms with Gasteiger partial charge in [-0.3, -0.25) is 0 Å². The summed E-state index contributed by atoms with van der Waals surface area (Å²) in [7, 11) is 0. The van der Waals surface area contributed by atoms with Gasteiger partial charge in [-0.15, -0.1) is 6.58 Å². The SMILES string of the molecule is C=CC1CCc2c(ccc(C#Cc3ccc(Cl)c(F)c3)c2F)C1. The molecule has 1 aliphatic rings. The van der Waals surface area contributed by atoms with Gasteiger partial charge in [0.15, 0.2) is 0 Å². The molecule has 0 aliphatic heterocycles. The molecule has 0 radical (unpaired) electrons. The van der Waals surface area contributed by atoms with Crippen molar-refractivity contribution in [3.63, 3.8) is 0 Å². The van der Waals surface area contributed by atoms with Gasteiger partial charge in [0.2, 0.25) is 0 Å². The fourth-order valence-corrected chi connectivity index (χ4v) is 2.97. The Kier molecular flexibility index (Phi) is 4.50. The quantitative estimate of drug-likeness (QED) is 0.491. The number of allylic oxidation sites excluding steroid dienone is 1. The molecule has 0 spiro atoms. The van der Waals surface area contributed by atoms with Crippen LogP contribution in [0.5, 0.6) is 0 Å². The van der Waals surface area contributed by atoms with E-state index in [1.54, 1.807) is 12.1 Å². The van der Waals surface area contributed by atoms with E-state index in [2.05, 4.69) is 18.4 Å². The number of hydrogen-bond donors (Lipinski definition) is 0. The van der Waals surface area contributed by atoms with Crippen LogP contribution < -0.4 is 0 Å². The molecule has 0 aromatic heterocycles. The van der Waals surface area contributed by atoms with Crippen LogP contribution in [0.1, 0.15) is 28.7 Å². The molecule has 0 amide bonds. The molecule has 23 heavy (non-hydrogen) atoms. The molecule has 1 unspecified atom stereocenters. The predicted molar refractivity (Wildman–Crippen MR) is 89.5 cm³/mol. The summed E-state index contributed by atoms with van der Waals surface area (Å²) in [6, 6.07) is 7.93. The third-order valence-corrected chi connectivity index (χ3v) is 4.49. The van der Waals surface area contributed by atoms with Gasteiger partial charge in [0.25, 0.3) is 0 Å². The lowest BCUT2D eigenvalue weighted by molar-refractivity contribution is 0.520. The summed E-state index contributed by atoms with van der Waals surface area (Å²) in [5.74, 6) is 5.22. The van der Waals surface area contributed by atoms with E-state index in [4.69, 9.17) is 11.6 Å². The lowest BCUT2D eigenvalue weighted by Gasteiger charge is -2.22. The Hall–Kier alpha value is -2.11. The molecule has 0 nitrogen and oxygen atoms in total. The van der Waals surface area contributed by atoms with Crippen LogP contribution in [-0.2, 0) is 12.8 Å². The maximum Gasteiger partial charge on any atom is 0.143 e. The zero-order valence-electron chi connectivity index (χ0n) is 12.5. The fourth-order valence-electron chi connectivity index (χ4n) is 2.85. The van der Waals surface area contributed by atoms with Crippen molar-refractivity contribution >= 4 is 11.6 Å². The third kappa shape index (κ3) is 3.30. The zero-order valence-corrected chi connectivity index (χ0v) is 13.3. The monoisotopic (exact) mass is 328 g/mol. The van der Waals surface area contributed by atoms with Crippen molar-refractivity contribution in [1.82, 2.24) is 0 Å². The van der Waals surface area contributed by atoms with Crippen molar-refractivity contribution < 1.29 is 8.78 Å². The topological polar surface area (TPSA) is 0 Å². The first-order valence-corrected chi connectivity index (χ1v) is 7.86. The second-order valence-electron chi connectivity index (χ2n) is 5.68. The lowest BCUT2D eigenvalue weighted by Crippen LogP contribution is -2.14. The van der Waals surface area contributed by atoms with Crippen LogP contribution >= 0.6 is 11.6 Å². The van der Waals surface area contributed by atoms with Gasteiger partial charge in [-0.05, 0) is 60.6 Å². The Labute approximate surface area is 139 Å². The fraction of sp³-hybridized carbons (Fsp3) is 0.200. The van der Waals surface area contributed by atoms with E-state index in [0.717, 1.165) is 24.0 Å². The number of hydrogen-bond acceptors (Lipinski definition) is 0. The average Bonchev–Trinajstić information content (AvgIpc) is 2.57. The Balaban J connectivity index is 1.92. The normalized spacial score (nSPS) is 16.2. The van der Waals surface area contributed by atoms with Crippen molar-refractivity contribution in [1.29, 1.82) is 0 Å². The minimum atomic E-state index is -0.528. The largest absolute Gasteiger partial charge is 0.205 e. The average molecular weight is 329 g/mol. The number of fused-ring (bicyclic) bond motifs is 1. The molecule has 2 aromatic carbocycles. The summed E-state index contributed by atoms with van der Waals surface area (Å²) < 4.78 is 28.0. The van der Waals surface area contributed by atoms with Crippen LogP contribution in [0.2, 0.25) is 5.02 Å². The maximum atomic E-state index is 14.6. The Bertz CT molecular complexity index is 828. The summed E-state index contributed by atoms with van der Waals surface area (Å²) in [5.41, 5.74) is 2.59. The molecular formula is C20H15ClF2. The summed E-state index contributed by atoms with van der Waals surface area (Å²) in [4.78, 5) is 0. The van der Waals surface area contributed by atoms with Gasteiger partial charge >= 0.3 is 0 Å². The van der Waals surface area contributed by atoms with E-state index in [9.17, 15) is 8.78 Å². The molecule has 0 saturated heterocycles. The van der Waals surface area contributed by atoms with Crippen LogP contribution in [0.3, 0.4) is 0 Å². The van der Waals surface area contributed by atoms with Gasteiger partial charge in [-0.2, -0.15) is 0 Å². The molecule has 3 heteroatoms. The van der Waals surface area contributed by atoms with Crippen LogP contribution in [-0.4, -0.2) is 0 Å². The molecule has 0 fully saturated rings. The molecular weight excluding hydrogens is 314 g/mol. The van der Waals surface area contributed by atoms with Gasteiger partial charge in [0, 0.05) is 5.56 Å². The predicted octanol–water partition coefficient (Wildman–Crippen LogP) is 5.31. The molecule has 1 atom stereocenters. The number of halogens is 3. The molecule has 2 aromatic rings. The van der Waals surface area contributed by atoms with E-state index in [-0.39, 0.29) is 10.8 Å². The number of rotatable bonds is 1. The smallest absolute Gasteiger partial charge is 0.143 e. The molecule has 1 aliphatic carbocycles. The summed E-state index contributed by atoms with van der Waals surface area (Å²) in [6.45, 7) is 3.82. The lowest BCUT2D eigenvalue weighted by atomic mass is 9.83. The minimum absolute atomic E-state index is 0.0484. The number of benzene rings is 2. The van der Waals surface area contributed by atoms with Crippen LogP contribution in [0.4, 0.5) is 8.78 Å². The summed E-state index contributed by atoms with van der Waals surface area (Å²) in [6.07, 6.45) is 4.37. The Morgan fingerprint density at radius 1 is 1.17 bits per heavy atom. The zero-order chi connectivity index (χ0) is 16.4. The van der Waals surface area contributed by atoms with Gasteiger partial charge in [-0.25, -0.2) is 8.78 Å². The van der Waals surface area contributed by atoms with Crippen LogP contribution in [0.25, 0.3) is 0 Å². The minimum Gasteiger partial charge on any atom is -0.205 e. The van der Waals surface area contributed by atoms with Crippen molar-refractivity contribution in [2.24, 2.45) is 5.92 Å². The highest BCUT2D eigenvalue weighted by Gasteiger charge is 2.20. The highest BCUT2D eigenvalue weighted by molar-refractivity contribution is 6.30. The highest BCUT2D eigenvalue weighted by atomic mass is 35.5. The van der Waals surface area contributed by atoms with Crippen molar-refractivity contribution in [2.75, 3.05) is 0 Å². The molecule has 0 bridgehead atoms. The van der Waals surface area contributed by atoms with Crippen LogP contribution in [0.15, 0.2) is 43.0 Å². The third-order valence-electron chi connectivity index (χ3n) is 4.18. The maximum absolute atomic E-state index is 14.6. The second-order valence-corrected chi connectivity index (χ2v) is 6.09. The van der Waals surface area contributed by atoms with Crippen molar-refractivity contribution in [2.45, 2.75) is 19.3 Å². The summed E-state index contributed by atoms with van der Waals surface area (Å²) >= 11 is 5.64. The van der Waals surface area contributed by atoms with E-state index in [1.807, 2.05) is 12.1 Å². The second kappa shape index (κ2) is 6.56. The van der Waals surface area contributed by atoms with Gasteiger partial charge in [-0.1, -0.05) is 35.6 Å². The standard InChI is InChI=1S/C20H15ClF2/c1-2-13-4-9-17-16(11-13)8-7-15(20(17)23)6-3-14-5-10-18(21)19(22)12-14/h2,5,7-8,10,12-13H,1,4,9,11H2. The van der Waals surface area contributed by atoms with E-state index in [0.29, 0.717) is 23.5 Å². The van der Waals surface area contributed by atoms with Crippen molar-refractivity contribution in [3.8, 4) is 11.8 Å². The molecule has 0 saturated carbocycles. The first-order valence-electron chi connectivity index (χ1n) is 7.48. The van der Waals surface area contributed by atoms with E-state index >= 15 is 0 Å². The van der Waals surface area contributed by atoms with Crippen molar-refractivity contribution in [3.05, 3.63) is 81.9 Å². The van der Waals surface area contributed by atoms with Gasteiger partial charge in [0.1, 0.15) is 11.6 Å². The molecule has 0 N–H and O–H groups in total. The molecule has 0 heterocycles. The van der Waals surface area contributed by atoms with Gasteiger partial charge in [0.05, 0.1) is 10.6 Å². The summed E-state index contributed by atoms with van der Waals surface area (Å²) in [5, 5.41) is 0.0484. The first kappa shape index (κ1) is 15.8. The van der Waals surface area contributed by atoms with E-state index < -0.39 is 5.82 Å². The molecule has 116 valence electrons. The van der Waals surface area contributed by atoms with E-state index in [1.165, 1.54) is 12.1 Å². The Morgan fingerprint density at radius 2 is 2.00 bits per heavy atom. The van der Waals surface area contributed by atoms with Crippen LogP contribution in [0, 0.1) is 29.4 Å². The highest BCUT2D eigenvalue weighted by Crippen LogP contribution is 2.29. The molecule has 3 rings (SSSR count).